The van der Waals surface area contributed by atoms with Gasteiger partial charge in [-0.2, -0.15) is 9.40 Å². The first-order valence-corrected chi connectivity index (χ1v) is 20.6. The van der Waals surface area contributed by atoms with Crippen molar-refractivity contribution >= 4 is 67.6 Å². The highest BCUT2D eigenvalue weighted by atomic mass is 35.5. The second-order valence-corrected chi connectivity index (χ2v) is 17.0. The predicted molar refractivity (Wildman–Crippen MR) is 209 cm³/mol. The Morgan fingerprint density at radius 2 is 1.56 bits per heavy atom. The quantitative estimate of drug-likeness (QED) is 0.256. The molecule has 2 aromatic heterocycles. The number of piperazine rings is 1. The van der Waals surface area contributed by atoms with Crippen LogP contribution >= 0.6 is 11.6 Å². The van der Waals surface area contributed by atoms with Crippen molar-refractivity contribution in [2.24, 2.45) is 13.0 Å². The molecule has 8 rings (SSSR count). The van der Waals surface area contributed by atoms with Gasteiger partial charge in [0.05, 0.1) is 27.8 Å². The second kappa shape index (κ2) is 15.3. The van der Waals surface area contributed by atoms with Gasteiger partial charge in [0, 0.05) is 102 Å². The fraction of sp³-hybridized carbons (Fsp3) is 0.486. The van der Waals surface area contributed by atoms with Crippen molar-refractivity contribution < 1.29 is 18.0 Å². The molecule has 4 saturated heterocycles. The van der Waals surface area contributed by atoms with Gasteiger partial charge in [-0.05, 0) is 68.0 Å². The first-order chi connectivity index (χ1) is 26.1. The van der Waals surface area contributed by atoms with Gasteiger partial charge in [-0.25, -0.2) is 23.2 Å². The van der Waals surface area contributed by atoms with Gasteiger partial charge in [0.25, 0.3) is 0 Å². The zero-order valence-corrected chi connectivity index (χ0v) is 32.0. The Kier molecular flexibility index (Phi) is 10.3. The zero-order valence-electron chi connectivity index (χ0n) is 30.4. The maximum atomic E-state index is 13.7. The van der Waals surface area contributed by atoms with Crippen LogP contribution in [0.4, 0.5) is 27.9 Å². The lowest BCUT2D eigenvalue weighted by molar-refractivity contribution is -0.120. The van der Waals surface area contributed by atoms with E-state index in [4.69, 9.17) is 11.6 Å². The van der Waals surface area contributed by atoms with Crippen LogP contribution in [0.5, 0.6) is 0 Å². The van der Waals surface area contributed by atoms with E-state index in [1.165, 1.54) is 0 Å². The van der Waals surface area contributed by atoms with Gasteiger partial charge in [-0.3, -0.25) is 24.6 Å². The van der Waals surface area contributed by atoms with Gasteiger partial charge in [-0.15, -0.1) is 0 Å². The fourth-order valence-corrected chi connectivity index (χ4v) is 9.72. The van der Waals surface area contributed by atoms with Crippen molar-refractivity contribution in [1.29, 1.82) is 0 Å². The van der Waals surface area contributed by atoms with Crippen LogP contribution in [0.15, 0.2) is 59.8 Å². The minimum atomic E-state index is -3.62. The van der Waals surface area contributed by atoms with E-state index in [9.17, 15) is 18.0 Å². The van der Waals surface area contributed by atoms with Crippen LogP contribution in [-0.4, -0.2) is 121 Å². The first-order valence-electron chi connectivity index (χ1n) is 18.8. The molecule has 15 nitrogen and oxygen atoms in total. The van der Waals surface area contributed by atoms with Crippen LogP contribution in [0.1, 0.15) is 32.1 Å². The Hall–Kier alpha value is -4.51. The average molecular weight is 776 g/mol. The molecule has 4 aliphatic heterocycles. The summed E-state index contributed by atoms with van der Waals surface area (Å²) in [5.74, 6) is 1.43. The predicted octanol–water partition coefficient (Wildman–Crippen LogP) is 3.77. The fourth-order valence-electron chi connectivity index (χ4n) is 8.12. The Morgan fingerprint density at radius 1 is 0.852 bits per heavy atom. The highest BCUT2D eigenvalue weighted by Gasteiger charge is 2.32. The molecule has 4 aromatic rings. The molecular formula is C37H46ClN11O4S. The Morgan fingerprint density at radius 3 is 2.28 bits per heavy atom. The number of aryl methyl sites for hydroxylation is 1. The minimum Gasteiger partial charge on any atom is -0.371 e. The summed E-state index contributed by atoms with van der Waals surface area (Å²) in [7, 11) is -1.73. The number of benzene rings is 2. The number of imide groups is 1. The average Bonchev–Trinajstić information content (AvgIpc) is 3.51. The normalized spacial score (nSPS) is 20.1. The van der Waals surface area contributed by atoms with Crippen LogP contribution in [0.3, 0.4) is 0 Å². The smallest absolute Gasteiger partial charge is 0.329 e. The lowest BCUT2D eigenvalue weighted by Crippen LogP contribution is -2.49. The number of hydrogen-bond donors (Lipinski definition) is 2. The van der Waals surface area contributed by atoms with Crippen molar-refractivity contribution in [3.05, 3.63) is 59.9 Å². The van der Waals surface area contributed by atoms with Crippen molar-refractivity contribution in [3.63, 3.8) is 0 Å². The van der Waals surface area contributed by atoms with Crippen LogP contribution < -0.4 is 25.3 Å². The molecular weight excluding hydrogens is 730 g/mol. The van der Waals surface area contributed by atoms with Crippen LogP contribution in [0, 0.1) is 5.92 Å². The number of sulfonamides is 1. The third-order valence-electron chi connectivity index (χ3n) is 11.2. The molecule has 17 heteroatoms. The van der Waals surface area contributed by atoms with Gasteiger partial charge >= 0.3 is 6.03 Å². The summed E-state index contributed by atoms with van der Waals surface area (Å²) >= 11 is 5.89. The molecule has 0 radical (unpaired) electrons. The molecule has 0 saturated carbocycles. The Labute approximate surface area is 320 Å². The number of nitrogens with zero attached hydrogens (tertiary/aromatic N) is 9. The number of rotatable bonds is 9. The molecule has 4 aliphatic rings. The summed E-state index contributed by atoms with van der Waals surface area (Å²) in [6.07, 6.45) is 6.91. The van der Waals surface area contributed by atoms with Crippen molar-refractivity contribution in [2.45, 2.75) is 43.0 Å². The molecule has 54 heavy (non-hydrogen) atoms. The number of halogens is 1. The number of anilines is 4. The highest BCUT2D eigenvalue weighted by Crippen LogP contribution is 2.33. The summed E-state index contributed by atoms with van der Waals surface area (Å²) in [5, 5.41) is 11.7. The van der Waals surface area contributed by atoms with Crippen LogP contribution in [0.25, 0.3) is 10.9 Å². The third kappa shape index (κ3) is 7.70. The van der Waals surface area contributed by atoms with E-state index in [0.29, 0.717) is 60.1 Å². The van der Waals surface area contributed by atoms with Gasteiger partial charge in [0.15, 0.2) is 5.82 Å². The van der Waals surface area contributed by atoms with Crippen LogP contribution in [0.2, 0.25) is 5.02 Å². The Balaban J connectivity index is 0.808. The maximum Gasteiger partial charge on any atom is 0.329 e. The van der Waals surface area contributed by atoms with E-state index in [2.05, 4.69) is 52.5 Å². The monoisotopic (exact) mass is 775 g/mol. The minimum absolute atomic E-state index is 0.0949. The van der Waals surface area contributed by atoms with E-state index in [0.717, 1.165) is 80.9 Å². The van der Waals surface area contributed by atoms with Gasteiger partial charge in [-0.1, -0.05) is 17.7 Å². The number of piperidine rings is 2. The van der Waals surface area contributed by atoms with Gasteiger partial charge in [0.1, 0.15) is 0 Å². The molecule has 6 heterocycles. The summed E-state index contributed by atoms with van der Waals surface area (Å²) < 4.78 is 30.7. The van der Waals surface area contributed by atoms with Crippen molar-refractivity contribution in [2.75, 3.05) is 85.5 Å². The summed E-state index contributed by atoms with van der Waals surface area (Å²) in [6, 6.07) is 13.4. The molecule has 2 N–H and O–H groups in total. The number of hydrogen-bond acceptors (Lipinski definition) is 11. The summed E-state index contributed by atoms with van der Waals surface area (Å²) in [4.78, 5) is 41.7. The largest absolute Gasteiger partial charge is 0.371 e. The zero-order chi connectivity index (χ0) is 37.4. The van der Waals surface area contributed by atoms with E-state index in [1.54, 1.807) is 27.7 Å². The number of carbonyl (C=O) groups is 2. The van der Waals surface area contributed by atoms with E-state index < -0.39 is 16.1 Å². The molecule has 4 fully saturated rings. The second-order valence-electron chi connectivity index (χ2n) is 14.7. The standard InChI is InChI=1S/C37H46ClN11O4S/c1-44-33-22-30(5-6-32(33)35(43-44)49-16-11-34(50)42-37(49)51)46-12-7-26(8-13-46)25-45-17-19-47(20-18-45)29-3-2-4-31(21-29)54(52,53)48-14-9-28(10-15-48)41-36-39-23-27(38)24-40-36/h2-6,21-24,26,28H,7-20,25H2,1H3,(H,39,40,41)(H,42,50,51). The molecule has 0 atom stereocenters. The topological polar surface area (TPSA) is 152 Å². The molecule has 0 aliphatic carbocycles. The molecule has 0 spiro atoms. The van der Waals surface area contributed by atoms with Gasteiger partial charge < -0.3 is 15.1 Å². The third-order valence-corrected chi connectivity index (χ3v) is 13.3. The SMILES string of the molecule is Cn1nc(N2CCC(=O)NC2=O)c2ccc(N3CCC(CN4CCN(c5cccc(S(=O)(=O)N6CCC(Nc7ncc(Cl)cn7)CC6)c5)CC4)CC3)cc21. The molecule has 2 aromatic carbocycles. The highest BCUT2D eigenvalue weighted by molar-refractivity contribution is 7.89. The van der Waals surface area contributed by atoms with E-state index in [-0.39, 0.29) is 18.4 Å². The number of urea groups is 1. The summed E-state index contributed by atoms with van der Waals surface area (Å²) in [5.41, 5.74) is 3.05. The Bertz CT molecular complexity index is 2110. The number of nitrogens with one attached hydrogen (secondary N) is 2. The van der Waals surface area contributed by atoms with Crippen molar-refractivity contribution in [3.8, 4) is 0 Å². The maximum absolute atomic E-state index is 13.7. The molecule has 0 bridgehead atoms. The van der Waals surface area contributed by atoms with Gasteiger partial charge in [0.2, 0.25) is 21.9 Å². The van der Waals surface area contributed by atoms with E-state index in [1.807, 2.05) is 36.0 Å². The van der Waals surface area contributed by atoms with Crippen LogP contribution in [-0.2, 0) is 21.9 Å². The molecule has 3 amide bonds. The number of carbonyl (C=O) groups excluding carboxylic acids is 2. The lowest BCUT2D eigenvalue weighted by Gasteiger charge is -2.40. The molecule has 286 valence electrons. The summed E-state index contributed by atoms with van der Waals surface area (Å²) in [6.45, 7) is 7.80. The lowest BCUT2D eigenvalue weighted by atomic mass is 9.95. The van der Waals surface area contributed by atoms with E-state index >= 15 is 0 Å². The van der Waals surface area contributed by atoms with Crippen molar-refractivity contribution in [1.82, 2.24) is 34.3 Å². The number of amides is 3. The molecule has 0 unspecified atom stereocenters. The number of fused-ring (bicyclic) bond motifs is 1. The number of aromatic nitrogens is 4. The first kappa shape index (κ1) is 36.5.